The summed E-state index contributed by atoms with van der Waals surface area (Å²) in [6.07, 6.45) is 2.94. The molecule has 0 bridgehead atoms. The monoisotopic (exact) mass is 236 g/mol. The molecule has 0 aromatic carbocycles. The first kappa shape index (κ1) is 13.7. The fourth-order valence-corrected chi connectivity index (χ4v) is 1.68. The number of rotatable bonds is 7. The quantitative estimate of drug-likeness (QED) is 0.774. The first-order valence-corrected chi connectivity index (χ1v) is 6.08. The van der Waals surface area contributed by atoms with Gasteiger partial charge in [-0.15, -0.1) is 5.10 Å². The normalized spacial score (nSPS) is 10.8. The molecule has 0 aliphatic carbocycles. The maximum absolute atomic E-state index is 8.83. The third-order valence-electron chi connectivity index (χ3n) is 2.65. The van der Waals surface area contributed by atoms with Gasteiger partial charge in [-0.2, -0.15) is 5.26 Å². The molecular weight excluding hydrogens is 216 g/mol. The predicted octanol–water partition coefficient (Wildman–Crippen LogP) is 1.32. The second-order valence-corrected chi connectivity index (χ2v) is 4.55. The topological polar surface area (TPSA) is 74.7 Å². The SMILES string of the molecule is CC(C)CCc1c(CC#N)nnn1CCCO. The molecule has 94 valence electrons. The molecule has 5 heteroatoms. The third kappa shape index (κ3) is 4.16. The largest absolute Gasteiger partial charge is 0.396 e. The highest BCUT2D eigenvalue weighted by Gasteiger charge is 2.12. The van der Waals surface area contributed by atoms with Crippen LogP contribution in [-0.4, -0.2) is 26.7 Å². The van der Waals surface area contributed by atoms with Crippen molar-refractivity contribution in [2.24, 2.45) is 5.92 Å². The van der Waals surface area contributed by atoms with Crippen LogP contribution in [0, 0.1) is 17.2 Å². The van der Waals surface area contributed by atoms with Gasteiger partial charge in [-0.25, -0.2) is 4.68 Å². The Balaban J connectivity index is 2.78. The van der Waals surface area contributed by atoms with Gasteiger partial charge in [-0.05, 0) is 25.2 Å². The van der Waals surface area contributed by atoms with Gasteiger partial charge in [0, 0.05) is 13.2 Å². The number of aliphatic hydroxyl groups is 1. The van der Waals surface area contributed by atoms with E-state index in [1.165, 1.54) is 0 Å². The summed E-state index contributed by atoms with van der Waals surface area (Å²) in [7, 11) is 0. The maximum Gasteiger partial charge on any atom is 0.0999 e. The Morgan fingerprint density at radius 1 is 1.47 bits per heavy atom. The Kier molecular flexibility index (Phi) is 5.64. The van der Waals surface area contributed by atoms with E-state index in [1.54, 1.807) is 0 Å². The molecule has 1 rings (SSSR count). The van der Waals surface area contributed by atoms with Gasteiger partial charge in [0.05, 0.1) is 23.9 Å². The van der Waals surface area contributed by atoms with Gasteiger partial charge in [-0.3, -0.25) is 0 Å². The zero-order chi connectivity index (χ0) is 12.7. The first-order valence-electron chi connectivity index (χ1n) is 6.08. The summed E-state index contributed by atoms with van der Waals surface area (Å²) in [5, 5.41) is 25.7. The number of aryl methyl sites for hydroxylation is 1. The molecule has 1 heterocycles. The molecule has 0 fully saturated rings. The van der Waals surface area contributed by atoms with Crippen molar-refractivity contribution in [1.29, 1.82) is 5.26 Å². The van der Waals surface area contributed by atoms with E-state index in [0.29, 0.717) is 25.3 Å². The summed E-state index contributed by atoms with van der Waals surface area (Å²) >= 11 is 0. The zero-order valence-corrected chi connectivity index (χ0v) is 10.6. The van der Waals surface area contributed by atoms with Crippen LogP contribution in [0.15, 0.2) is 0 Å². The lowest BCUT2D eigenvalue weighted by atomic mass is 10.0. The number of hydrogen-bond donors (Lipinski definition) is 1. The van der Waals surface area contributed by atoms with Crippen LogP contribution in [0.3, 0.4) is 0 Å². The minimum Gasteiger partial charge on any atom is -0.396 e. The minimum atomic E-state index is 0.150. The van der Waals surface area contributed by atoms with Crippen molar-refractivity contribution in [3.8, 4) is 6.07 Å². The van der Waals surface area contributed by atoms with Crippen LogP contribution in [0.5, 0.6) is 0 Å². The summed E-state index contributed by atoms with van der Waals surface area (Å²) in [5.74, 6) is 0.617. The van der Waals surface area contributed by atoms with Crippen LogP contribution in [0.2, 0.25) is 0 Å². The molecular formula is C12H20N4O. The fourth-order valence-electron chi connectivity index (χ4n) is 1.68. The Hall–Kier alpha value is -1.41. The average Bonchev–Trinajstić information content (AvgIpc) is 2.67. The molecule has 1 aromatic rings. The summed E-state index contributed by atoms with van der Waals surface area (Å²) in [4.78, 5) is 0. The van der Waals surface area contributed by atoms with E-state index < -0.39 is 0 Å². The summed E-state index contributed by atoms with van der Waals surface area (Å²) in [6.45, 7) is 5.16. The summed E-state index contributed by atoms with van der Waals surface area (Å²) in [6, 6.07) is 2.12. The van der Waals surface area contributed by atoms with Crippen LogP contribution in [0.4, 0.5) is 0 Å². The molecule has 0 saturated carbocycles. The predicted molar refractivity (Wildman–Crippen MR) is 64.2 cm³/mol. The van der Waals surface area contributed by atoms with Crippen molar-refractivity contribution < 1.29 is 5.11 Å². The van der Waals surface area contributed by atoms with Crippen LogP contribution < -0.4 is 0 Å². The molecule has 0 saturated heterocycles. The number of aliphatic hydroxyl groups excluding tert-OH is 1. The standard InChI is InChI=1S/C12H20N4O/c1-10(2)4-5-12-11(6-7-13)14-15-16(12)8-3-9-17/h10,17H,3-6,8-9H2,1-2H3. The highest BCUT2D eigenvalue weighted by Crippen LogP contribution is 2.13. The van der Waals surface area contributed by atoms with Gasteiger partial charge in [0.1, 0.15) is 0 Å². The van der Waals surface area contributed by atoms with Gasteiger partial charge in [0.2, 0.25) is 0 Å². The number of nitrogens with zero attached hydrogens (tertiary/aromatic N) is 4. The molecule has 0 atom stereocenters. The van der Waals surface area contributed by atoms with Crippen LogP contribution >= 0.6 is 0 Å². The minimum absolute atomic E-state index is 0.150. The molecule has 0 amide bonds. The molecule has 5 nitrogen and oxygen atoms in total. The Morgan fingerprint density at radius 3 is 2.82 bits per heavy atom. The van der Waals surface area contributed by atoms with E-state index in [4.69, 9.17) is 10.4 Å². The van der Waals surface area contributed by atoms with Gasteiger partial charge in [-0.1, -0.05) is 19.1 Å². The van der Waals surface area contributed by atoms with Gasteiger partial charge < -0.3 is 5.11 Å². The van der Waals surface area contributed by atoms with Crippen molar-refractivity contribution in [2.75, 3.05) is 6.61 Å². The molecule has 0 unspecified atom stereocenters. The molecule has 0 spiro atoms. The molecule has 0 aliphatic heterocycles. The number of hydrogen-bond acceptors (Lipinski definition) is 4. The number of nitriles is 1. The second kappa shape index (κ2) is 7.02. The molecule has 1 aromatic heterocycles. The summed E-state index contributed by atoms with van der Waals surface area (Å²) < 4.78 is 1.82. The van der Waals surface area contributed by atoms with Gasteiger partial charge in [0.15, 0.2) is 0 Å². The highest BCUT2D eigenvalue weighted by molar-refractivity contribution is 5.14. The third-order valence-corrected chi connectivity index (χ3v) is 2.65. The second-order valence-electron chi connectivity index (χ2n) is 4.55. The van der Waals surface area contributed by atoms with E-state index in [2.05, 4.69) is 30.2 Å². The van der Waals surface area contributed by atoms with Gasteiger partial charge in [0.25, 0.3) is 0 Å². The Morgan fingerprint density at radius 2 is 2.24 bits per heavy atom. The Bertz CT molecular complexity index is 378. The van der Waals surface area contributed by atoms with Crippen LogP contribution in [0.1, 0.15) is 38.1 Å². The summed E-state index contributed by atoms with van der Waals surface area (Å²) in [5.41, 5.74) is 1.83. The van der Waals surface area contributed by atoms with Crippen molar-refractivity contribution >= 4 is 0 Å². The van der Waals surface area contributed by atoms with Crippen LogP contribution in [-0.2, 0) is 19.4 Å². The molecule has 0 radical (unpaired) electrons. The Labute approximate surface area is 102 Å². The highest BCUT2D eigenvalue weighted by atomic mass is 16.3. The first-order chi connectivity index (χ1) is 8.19. The van der Waals surface area contributed by atoms with E-state index in [9.17, 15) is 0 Å². The van der Waals surface area contributed by atoms with Gasteiger partial charge >= 0.3 is 0 Å². The van der Waals surface area contributed by atoms with Crippen LogP contribution in [0.25, 0.3) is 0 Å². The zero-order valence-electron chi connectivity index (χ0n) is 10.6. The maximum atomic E-state index is 8.83. The molecule has 1 N–H and O–H groups in total. The average molecular weight is 236 g/mol. The van der Waals surface area contributed by atoms with E-state index in [0.717, 1.165) is 24.2 Å². The van der Waals surface area contributed by atoms with Crippen molar-refractivity contribution in [3.05, 3.63) is 11.4 Å². The van der Waals surface area contributed by atoms with Crippen molar-refractivity contribution in [1.82, 2.24) is 15.0 Å². The number of aromatic nitrogens is 3. The smallest absolute Gasteiger partial charge is 0.0999 e. The van der Waals surface area contributed by atoms with E-state index in [-0.39, 0.29) is 6.61 Å². The van der Waals surface area contributed by atoms with Crippen molar-refractivity contribution in [2.45, 2.75) is 46.1 Å². The molecule has 0 aliphatic rings. The van der Waals surface area contributed by atoms with E-state index in [1.807, 2.05) is 4.68 Å². The van der Waals surface area contributed by atoms with Crippen molar-refractivity contribution in [3.63, 3.8) is 0 Å². The lowest BCUT2D eigenvalue weighted by molar-refractivity contribution is 0.275. The fraction of sp³-hybridized carbons (Fsp3) is 0.750. The van der Waals surface area contributed by atoms with E-state index >= 15 is 0 Å². The lowest BCUT2D eigenvalue weighted by Gasteiger charge is -2.08. The molecule has 17 heavy (non-hydrogen) atoms. The lowest BCUT2D eigenvalue weighted by Crippen LogP contribution is -2.08.